The van der Waals surface area contributed by atoms with E-state index in [4.69, 9.17) is 4.74 Å². The molecule has 1 saturated heterocycles. The van der Waals surface area contributed by atoms with Crippen molar-refractivity contribution in [1.29, 1.82) is 0 Å². The van der Waals surface area contributed by atoms with Crippen molar-refractivity contribution >= 4 is 29.0 Å². The molecule has 1 heterocycles. The van der Waals surface area contributed by atoms with Crippen molar-refractivity contribution in [3.05, 3.63) is 48.0 Å². The van der Waals surface area contributed by atoms with Crippen LogP contribution in [0.2, 0.25) is 0 Å². The van der Waals surface area contributed by atoms with E-state index in [1.165, 1.54) is 0 Å². The molecule has 3 amide bonds. The number of rotatable bonds is 7. The van der Waals surface area contributed by atoms with Crippen molar-refractivity contribution < 1.29 is 14.3 Å². The molecule has 3 rings (SSSR count). The first-order valence-corrected chi connectivity index (χ1v) is 10.3. The summed E-state index contributed by atoms with van der Waals surface area (Å²) in [6.07, 6.45) is 0.277. The van der Waals surface area contributed by atoms with Crippen LogP contribution in [0.5, 0.6) is 5.75 Å². The zero-order valence-electron chi connectivity index (χ0n) is 18.1. The average Bonchev–Trinajstić information content (AvgIpc) is 3.10. The van der Waals surface area contributed by atoms with Gasteiger partial charge >= 0.3 is 6.03 Å². The van der Waals surface area contributed by atoms with Crippen LogP contribution in [-0.2, 0) is 4.79 Å². The molecule has 0 spiro atoms. The molecule has 7 heteroatoms. The molecule has 0 unspecified atom stereocenters. The van der Waals surface area contributed by atoms with E-state index >= 15 is 0 Å². The maximum Gasteiger partial charge on any atom is 0.319 e. The van der Waals surface area contributed by atoms with Crippen LogP contribution in [0.3, 0.4) is 0 Å². The Morgan fingerprint density at radius 1 is 1.17 bits per heavy atom. The zero-order valence-corrected chi connectivity index (χ0v) is 18.1. The van der Waals surface area contributed by atoms with Crippen LogP contribution in [-0.4, -0.2) is 44.7 Å². The smallest absolute Gasteiger partial charge is 0.319 e. The maximum absolute atomic E-state index is 12.5. The Balaban J connectivity index is 1.59. The molecule has 1 aliphatic rings. The number of benzene rings is 2. The van der Waals surface area contributed by atoms with Crippen LogP contribution in [0, 0.1) is 6.92 Å². The van der Waals surface area contributed by atoms with Crippen molar-refractivity contribution in [2.75, 3.05) is 41.9 Å². The molecule has 0 aromatic heterocycles. The van der Waals surface area contributed by atoms with Gasteiger partial charge in [0.1, 0.15) is 5.75 Å². The van der Waals surface area contributed by atoms with Gasteiger partial charge in [-0.1, -0.05) is 0 Å². The first kappa shape index (κ1) is 21.5. The number of anilines is 3. The van der Waals surface area contributed by atoms with Crippen LogP contribution in [0.25, 0.3) is 0 Å². The molecule has 2 N–H and O–H groups in total. The predicted octanol–water partition coefficient (Wildman–Crippen LogP) is 3.78. The molecular weight excluding hydrogens is 380 g/mol. The number of hydrogen-bond acceptors (Lipinski definition) is 4. The first-order valence-electron chi connectivity index (χ1n) is 10.3. The fraction of sp³-hybridized carbons (Fsp3) is 0.391. The highest BCUT2D eigenvalue weighted by atomic mass is 16.5. The molecule has 2 aromatic carbocycles. The van der Waals surface area contributed by atoms with Crippen LogP contribution in [0.4, 0.5) is 21.9 Å². The number of ether oxygens (including phenoxy) is 1. The fourth-order valence-corrected chi connectivity index (χ4v) is 3.73. The van der Waals surface area contributed by atoms with E-state index in [1.54, 1.807) is 12.0 Å². The van der Waals surface area contributed by atoms with Gasteiger partial charge in [0.05, 0.1) is 13.2 Å². The van der Waals surface area contributed by atoms with Crippen molar-refractivity contribution in [1.82, 2.24) is 5.32 Å². The second kappa shape index (κ2) is 9.52. The number of carbonyl (C=O) groups excluding carboxylic acids is 2. The van der Waals surface area contributed by atoms with Gasteiger partial charge in [-0.3, -0.25) is 4.79 Å². The first-order chi connectivity index (χ1) is 14.4. The number of nitrogens with one attached hydrogen (secondary N) is 2. The van der Waals surface area contributed by atoms with Gasteiger partial charge in [-0.25, -0.2) is 4.79 Å². The predicted molar refractivity (Wildman–Crippen MR) is 121 cm³/mol. The molecule has 1 fully saturated rings. The number of amides is 3. The summed E-state index contributed by atoms with van der Waals surface area (Å²) in [4.78, 5) is 28.9. The van der Waals surface area contributed by atoms with Gasteiger partial charge in [0.25, 0.3) is 0 Å². The lowest BCUT2D eigenvalue weighted by atomic mass is 10.1. The molecule has 0 aliphatic carbocycles. The number of hydrogen-bond donors (Lipinski definition) is 2. The van der Waals surface area contributed by atoms with Gasteiger partial charge in [0, 0.05) is 43.1 Å². The summed E-state index contributed by atoms with van der Waals surface area (Å²) in [5.74, 6) is 0.729. The minimum Gasteiger partial charge on any atom is -0.497 e. The van der Waals surface area contributed by atoms with Gasteiger partial charge in [-0.2, -0.15) is 0 Å². The van der Waals surface area contributed by atoms with Gasteiger partial charge < -0.3 is 25.2 Å². The number of aryl methyl sites for hydroxylation is 1. The summed E-state index contributed by atoms with van der Waals surface area (Å²) in [6.45, 7) is 8.53. The third-order valence-corrected chi connectivity index (χ3v) is 5.43. The van der Waals surface area contributed by atoms with Crippen molar-refractivity contribution in [3.8, 4) is 5.75 Å². The van der Waals surface area contributed by atoms with Crippen LogP contribution in [0.15, 0.2) is 42.5 Å². The van der Waals surface area contributed by atoms with Gasteiger partial charge in [0.15, 0.2) is 0 Å². The molecule has 1 atom stereocenters. The normalized spacial score (nSPS) is 15.8. The van der Waals surface area contributed by atoms with Gasteiger partial charge in [-0.05, 0) is 68.8 Å². The van der Waals surface area contributed by atoms with E-state index in [0.29, 0.717) is 6.54 Å². The minimum atomic E-state index is -0.303. The number of carbonyl (C=O) groups is 2. The second-order valence-electron chi connectivity index (χ2n) is 7.37. The van der Waals surface area contributed by atoms with Crippen LogP contribution < -0.4 is 25.2 Å². The Hall–Kier alpha value is -3.22. The number of urea groups is 1. The average molecular weight is 411 g/mol. The molecule has 2 aromatic rings. The van der Waals surface area contributed by atoms with Crippen LogP contribution in [0.1, 0.15) is 25.8 Å². The standard InChI is InChI=1S/C23H30N4O3/c1-5-26(6-2)19-9-12-21(16(3)13-19)25-23(29)24-17-14-22(28)27(15-17)18-7-10-20(30-4)11-8-18/h7-13,17H,5-6,14-15H2,1-4H3,(H2,24,25,29)/t17-/m0/s1. The highest BCUT2D eigenvalue weighted by molar-refractivity contribution is 5.97. The lowest BCUT2D eigenvalue weighted by Gasteiger charge is -2.22. The Bertz CT molecular complexity index is 894. The summed E-state index contributed by atoms with van der Waals surface area (Å²) >= 11 is 0. The lowest BCUT2D eigenvalue weighted by Crippen LogP contribution is -2.39. The minimum absolute atomic E-state index is 0.00905. The Morgan fingerprint density at radius 3 is 2.47 bits per heavy atom. The molecule has 30 heavy (non-hydrogen) atoms. The third-order valence-electron chi connectivity index (χ3n) is 5.43. The summed E-state index contributed by atoms with van der Waals surface area (Å²) < 4.78 is 5.16. The van der Waals surface area contributed by atoms with E-state index in [-0.39, 0.29) is 24.4 Å². The maximum atomic E-state index is 12.5. The summed E-state index contributed by atoms with van der Waals surface area (Å²) in [7, 11) is 1.60. The molecule has 0 saturated carbocycles. The Morgan fingerprint density at radius 2 is 1.87 bits per heavy atom. The van der Waals surface area contributed by atoms with Crippen molar-refractivity contribution in [2.24, 2.45) is 0 Å². The molecule has 7 nitrogen and oxygen atoms in total. The van der Waals surface area contributed by atoms with Gasteiger partial charge in [-0.15, -0.1) is 0 Å². The SMILES string of the molecule is CCN(CC)c1ccc(NC(=O)N[C@H]2CC(=O)N(c3ccc(OC)cc3)C2)c(C)c1. The molecule has 160 valence electrons. The number of nitrogens with zero attached hydrogens (tertiary/aromatic N) is 2. The van der Waals surface area contributed by atoms with E-state index < -0.39 is 0 Å². The molecular formula is C23H30N4O3. The lowest BCUT2D eigenvalue weighted by molar-refractivity contribution is -0.117. The van der Waals surface area contributed by atoms with Gasteiger partial charge in [0.2, 0.25) is 5.91 Å². The largest absolute Gasteiger partial charge is 0.497 e. The summed E-state index contributed by atoms with van der Waals surface area (Å²) in [5.41, 5.74) is 3.70. The monoisotopic (exact) mass is 410 g/mol. The van der Waals surface area contributed by atoms with E-state index in [0.717, 1.165) is 41.5 Å². The second-order valence-corrected chi connectivity index (χ2v) is 7.37. The summed E-state index contributed by atoms with van der Waals surface area (Å²) in [5, 5.41) is 5.83. The van der Waals surface area contributed by atoms with Crippen molar-refractivity contribution in [2.45, 2.75) is 33.2 Å². The summed E-state index contributed by atoms with van der Waals surface area (Å²) in [6, 6.07) is 12.8. The zero-order chi connectivity index (χ0) is 21.7. The highest BCUT2D eigenvalue weighted by Gasteiger charge is 2.31. The highest BCUT2D eigenvalue weighted by Crippen LogP contribution is 2.25. The third kappa shape index (κ3) is 4.84. The molecule has 0 bridgehead atoms. The van der Waals surface area contributed by atoms with E-state index in [1.807, 2.05) is 43.3 Å². The fourth-order valence-electron chi connectivity index (χ4n) is 3.73. The van der Waals surface area contributed by atoms with E-state index in [2.05, 4.69) is 35.4 Å². The molecule has 1 aliphatic heterocycles. The Kier molecular flexibility index (Phi) is 6.82. The molecule has 0 radical (unpaired) electrons. The number of methoxy groups -OCH3 is 1. The van der Waals surface area contributed by atoms with Crippen molar-refractivity contribution in [3.63, 3.8) is 0 Å². The van der Waals surface area contributed by atoms with E-state index in [9.17, 15) is 9.59 Å². The van der Waals surface area contributed by atoms with Crippen LogP contribution >= 0.6 is 0 Å². The topological polar surface area (TPSA) is 73.9 Å². The quantitative estimate of drug-likeness (QED) is 0.729. The Labute approximate surface area is 178 Å².